The van der Waals surface area contributed by atoms with Crippen molar-refractivity contribution < 1.29 is 23.8 Å². The van der Waals surface area contributed by atoms with Crippen molar-refractivity contribution in [1.82, 2.24) is 10.3 Å². The number of hydrogen-bond donors (Lipinski definition) is 2. The number of ether oxygens (including phenoxy) is 3. The number of benzene rings is 2. The Morgan fingerprint density at radius 2 is 1.56 bits per heavy atom. The summed E-state index contributed by atoms with van der Waals surface area (Å²) in [7, 11) is 3.16. The second-order valence-electron chi connectivity index (χ2n) is 10.8. The molecule has 2 aromatic carbocycles. The molecule has 4 saturated carbocycles. The minimum atomic E-state index is -0.943. The van der Waals surface area contributed by atoms with E-state index in [2.05, 4.69) is 22.5 Å². The molecular weight excluding hydrogens is 458 g/mol. The number of nitrogens with zero attached hydrogens (tertiary/aromatic N) is 1. The largest absolute Gasteiger partial charge is 0.493 e. The van der Waals surface area contributed by atoms with E-state index in [-0.39, 0.29) is 17.4 Å². The highest BCUT2D eigenvalue weighted by Crippen LogP contribution is 2.67. The second-order valence-corrected chi connectivity index (χ2v) is 10.8. The molecule has 0 atom stereocenters. The van der Waals surface area contributed by atoms with Crippen molar-refractivity contribution in [3.8, 4) is 23.0 Å². The monoisotopic (exact) mass is 487 g/mol. The summed E-state index contributed by atoms with van der Waals surface area (Å²) in [4.78, 5) is 30.3. The highest BCUT2D eigenvalue weighted by Gasteiger charge is 2.68. The highest BCUT2D eigenvalue weighted by molar-refractivity contribution is 6.13. The van der Waals surface area contributed by atoms with E-state index < -0.39 is 5.41 Å². The SMILES string of the molecule is COc1cc2nccc(Oc3ccc(NC(=O)C4(C(=O)NC56CC(C)(C5)C6)CC4)cc3)c2cc1OC. The molecule has 0 spiro atoms. The maximum absolute atomic E-state index is 13.0. The van der Waals surface area contributed by atoms with Gasteiger partial charge in [-0.1, -0.05) is 6.92 Å². The number of methoxy groups -OCH3 is 2. The zero-order valence-electron chi connectivity index (χ0n) is 20.6. The van der Waals surface area contributed by atoms with E-state index in [0.29, 0.717) is 46.9 Å². The predicted molar refractivity (Wildman–Crippen MR) is 134 cm³/mol. The summed E-state index contributed by atoms with van der Waals surface area (Å²) in [6.07, 6.45) is 5.92. The first-order valence-electron chi connectivity index (χ1n) is 12.2. The molecule has 4 aliphatic rings. The Bertz CT molecular complexity index is 1360. The van der Waals surface area contributed by atoms with E-state index in [1.807, 2.05) is 6.07 Å². The van der Waals surface area contributed by atoms with Crippen LogP contribution in [-0.2, 0) is 9.59 Å². The number of amides is 2. The van der Waals surface area contributed by atoms with Crippen LogP contribution in [0.2, 0.25) is 0 Å². The summed E-state index contributed by atoms with van der Waals surface area (Å²) in [5.41, 5.74) is 0.733. The molecule has 0 radical (unpaired) electrons. The van der Waals surface area contributed by atoms with Crippen LogP contribution in [0.5, 0.6) is 23.0 Å². The lowest BCUT2D eigenvalue weighted by atomic mass is 9.40. The van der Waals surface area contributed by atoms with Crippen LogP contribution in [0.3, 0.4) is 0 Å². The van der Waals surface area contributed by atoms with Gasteiger partial charge in [-0.15, -0.1) is 0 Å². The molecule has 4 aliphatic carbocycles. The van der Waals surface area contributed by atoms with Crippen LogP contribution in [0.25, 0.3) is 10.9 Å². The lowest BCUT2D eigenvalue weighted by Gasteiger charge is -2.69. The van der Waals surface area contributed by atoms with E-state index in [1.165, 1.54) is 0 Å². The number of fused-ring (bicyclic) bond motifs is 1. The molecule has 186 valence electrons. The zero-order valence-corrected chi connectivity index (χ0v) is 20.6. The maximum Gasteiger partial charge on any atom is 0.240 e. The van der Waals surface area contributed by atoms with Crippen molar-refractivity contribution >= 4 is 28.4 Å². The zero-order chi connectivity index (χ0) is 25.1. The summed E-state index contributed by atoms with van der Waals surface area (Å²) in [5.74, 6) is 2.03. The van der Waals surface area contributed by atoms with Gasteiger partial charge in [-0.05, 0) is 73.9 Å². The first-order valence-corrected chi connectivity index (χ1v) is 12.2. The van der Waals surface area contributed by atoms with E-state index >= 15 is 0 Å². The Morgan fingerprint density at radius 3 is 2.17 bits per heavy atom. The van der Waals surface area contributed by atoms with Crippen molar-refractivity contribution in [2.45, 2.75) is 44.6 Å². The molecule has 8 nitrogen and oxygen atoms in total. The number of nitrogens with one attached hydrogen (secondary N) is 2. The van der Waals surface area contributed by atoms with Gasteiger partial charge in [0.25, 0.3) is 0 Å². The van der Waals surface area contributed by atoms with Gasteiger partial charge in [-0.3, -0.25) is 14.6 Å². The van der Waals surface area contributed by atoms with Crippen LogP contribution in [-0.4, -0.2) is 36.6 Å². The number of anilines is 1. The van der Waals surface area contributed by atoms with Crippen LogP contribution >= 0.6 is 0 Å². The molecule has 0 unspecified atom stereocenters. The van der Waals surface area contributed by atoms with Gasteiger partial charge < -0.3 is 24.8 Å². The van der Waals surface area contributed by atoms with Gasteiger partial charge in [0.05, 0.1) is 19.7 Å². The fourth-order valence-electron chi connectivity index (χ4n) is 5.99. The summed E-state index contributed by atoms with van der Waals surface area (Å²) in [6, 6.07) is 12.5. The van der Waals surface area contributed by atoms with Crippen LogP contribution in [0, 0.1) is 10.8 Å². The molecule has 8 heteroatoms. The minimum Gasteiger partial charge on any atom is -0.493 e. The lowest BCUT2D eigenvalue weighted by Crippen LogP contribution is -2.74. The van der Waals surface area contributed by atoms with Gasteiger partial charge in [0.1, 0.15) is 16.9 Å². The third-order valence-corrected chi connectivity index (χ3v) is 7.84. The number of aromatic nitrogens is 1. The summed E-state index contributed by atoms with van der Waals surface area (Å²) < 4.78 is 16.9. The third-order valence-electron chi connectivity index (χ3n) is 7.84. The van der Waals surface area contributed by atoms with Crippen molar-refractivity contribution in [3.63, 3.8) is 0 Å². The third kappa shape index (κ3) is 3.63. The molecule has 2 bridgehead atoms. The molecule has 3 aromatic rings. The first-order chi connectivity index (χ1) is 17.3. The average Bonchev–Trinajstić information content (AvgIpc) is 3.65. The van der Waals surface area contributed by atoms with Gasteiger partial charge in [-0.25, -0.2) is 0 Å². The van der Waals surface area contributed by atoms with E-state index in [9.17, 15) is 9.59 Å². The maximum atomic E-state index is 13.0. The van der Waals surface area contributed by atoms with Crippen molar-refractivity contribution in [2.24, 2.45) is 10.8 Å². The molecule has 7 rings (SSSR count). The van der Waals surface area contributed by atoms with Crippen molar-refractivity contribution in [2.75, 3.05) is 19.5 Å². The topological polar surface area (TPSA) is 98.8 Å². The fourth-order valence-corrected chi connectivity index (χ4v) is 5.99. The number of pyridine rings is 1. The quantitative estimate of drug-likeness (QED) is 0.442. The van der Waals surface area contributed by atoms with Crippen LogP contribution in [0.4, 0.5) is 5.69 Å². The van der Waals surface area contributed by atoms with E-state index in [4.69, 9.17) is 14.2 Å². The molecule has 0 aliphatic heterocycles. The smallest absolute Gasteiger partial charge is 0.240 e. The molecule has 1 aromatic heterocycles. The summed E-state index contributed by atoms with van der Waals surface area (Å²) in [5, 5.41) is 6.88. The standard InChI is InChI=1S/C28H29N3O5/c1-26-14-27(15-26,16-26)31-25(33)28(9-10-28)24(32)30-17-4-6-18(7-5-17)36-21-8-11-29-20-13-23(35-3)22(34-2)12-19(20)21/h4-8,11-13H,9-10,14-16H2,1-3H3,(H,30,32)(H,31,33). The Labute approximate surface area is 209 Å². The normalized spacial score (nSPS) is 24.6. The Kier molecular flexibility index (Phi) is 4.94. The molecule has 2 N–H and O–H groups in total. The molecule has 4 fully saturated rings. The van der Waals surface area contributed by atoms with Gasteiger partial charge in [0.15, 0.2) is 11.5 Å². The molecule has 2 amide bonds. The number of carbonyl (C=O) groups excluding carboxylic acids is 2. The molecule has 0 saturated heterocycles. The number of hydrogen-bond acceptors (Lipinski definition) is 6. The minimum absolute atomic E-state index is 0.0625. The Balaban J connectivity index is 1.13. The fraction of sp³-hybridized carbons (Fsp3) is 0.393. The molecule has 1 heterocycles. The molecular formula is C28H29N3O5. The Hall–Kier alpha value is -3.81. The van der Waals surface area contributed by atoms with Crippen LogP contribution in [0.1, 0.15) is 39.0 Å². The van der Waals surface area contributed by atoms with Gasteiger partial charge >= 0.3 is 0 Å². The lowest BCUT2D eigenvalue weighted by molar-refractivity contribution is -0.161. The summed E-state index contributed by atoms with van der Waals surface area (Å²) in [6.45, 7) is 2.25. The summed E-state index contributed by atoms with van der Waals surface area (Å²) >= 11 is 0. The first kappa shape index (κ1) is 22.6. The average molecular weight is 488 g/mol. The predicted octanol–water partition coefficient (Wildman–Crippen LogP) is 4.82. The number of carbonyl (C=O) groups is 2. The number of rotatable bonds is 8. The van der Waals surface area contributed by atoms with Crippen LogP contribution < -0.4 is 24.8 Å². The molecule has 36 heavy (non-hydrogen) atoms. The van der Waals surface area contributed by atoms with Gasteiger partial charge in [0, 0.05) is 28.9 Å². The van der Waals surface area contributed by atoms with E-state index in [0.717, 1.165) is 30.2 Å². The van der Waals surface area contributed by atoms with Crippen molar-refractivity contribution in [1.29, 1.82) is 0 Å². The van der Waals surface area contributed by atoms with Crippen molar-refractivity contribution in [3.05, 3.63) is 48.7 Å². The second kappa shape index (κ2) is 7.85. The van der Waals surface area contributed by atoms with Gasteiger partial charge in [0.2, 0.25) is 11.8 Å². The Morgan fingerprint density at radius 1 is 0.889 bits per heavy atom. The van der Waals surface area contributed by atoms with E-state index in [1.54, 1.807) is 56.8 Å². The van der Waals surface area contributed by atoms with Gasteiger partial charge in [-0.2, -0.15) is 0 Å². The van der Waals surface area contributed by atoms with Crippen LogP contribution in [0.15, 0.2) is 48.7 Å². The highest BCUT2D eigenvalue weighted by atomic mass is 16.5.